The van der Waals surface area contributed by atoms with Crippen LogP contribution in [0.2, 0.25) is 0 Å². The molecule has 4 bridgehead atoms. The van der Waals surface area contributed by atoms with Crippen molar-refractivity contribution in [3.8, 4) is 5.88 Å². The highest BCUT2D eigenvalue weighted by Gasteiger charge is 2.56. The van der Waals surface area contributed by atoms with Crippen molar-refractivity contribution in [2.45, 2.75) is 51.0 Å². The zero-order chi connectivity index (χ0) is 18.6. The summed E-state index contributed by atoms with van der Waals surface area (Å²) in [5, 5.41) is 0. The molecule has 1 unspecified atom stereocenters. The van der Waals surface area contributed by atoms with Crippen LogP contribution in [0.4, 0.5) is 5.82 Å². The molecular formula is C21H30N4O2. The third-order valence-electron chi connectivity index (χ3n) is 7.27. The van der Waals surface area contributed by atoms with Crippen LogP contribution in [0.1, 0.15) is 44.9 Å². The van der Waals surface area contributed by atoms with Crippen LogP contribution in [0.3, 0.4) is 0 Å². The van der Waals surface area contributed by atoms with Crippen LogP contribution < -0.4 is 9.64 Å². The normalized spacial score (nSPS) is 36.9. The molecule has 0 spiro atoms. The fraction of sp³-hybridized carbons (Fsp3) is 0.762. The Balaban J connectivity index is 1.25. The molecule has 6 rings (SSSR count). The molecule has 1 atom stereocenters. The molecule has 6 nitrogen and oxygen atoms in total. The first kappa shape index (κ1) is 17.3. The van der Waals surface area contributed by atoms with Crippen molar-refractivity contribution in [3.63, 3.8) is 0 Å². The van der Waals surface area contributed by atoms with E-state index in [4.69, 9.17) is 4.74 Å². The number of amides is 1. The molecular weight excluding hydrogens is 340 g/mol. The molecule has 4 aliphatic carbocycles. The van der Waals surface area contributed by atoms with Crippen LogP contribution in [0.25, 0.3) is 0 Å². The molecule has 0 radical (unpaired) electrons. The molecule has 1 aromatic rings. The van der Waals surface area contributed by atoms with E-state index in [9.17, 15) is 4.79 Å². The van der Waals surface area contributed by atoms with E-state index in [1.54, 1.807) is 12.4 Å². The van der Waals surface area contributed by atoms with Crippen LogP contribution in [-0.4, -0.2) is 54.1 Å². The van der Waals surface area contributed by atoms with Crippen LogP contribution >= 0.6 is 0 Å². The summed E-state index contributed by atoms with van der Waals surface area (Å²) < 4.78 is 6.07. The number of ether oxygens (including phenoxy) is 1. The maximum absolute atomic E-state index is 13.5. The molecule has 5 fully saturated rings. The Morgan fingerprint density at radius 2 is 1.81 bits per heavy atom. The highest BCUT2D eigenvalue weighted by atomic mass is 16.5. The van der Waals surface area contributed by atoms with Gasteiger partial charge in [-0.3, -0.25) is 9.78 Å². The number of nitrogens with zero attached hydrogens (tertiary/aromatic N) is 4. The Morgan fingerprint density at radius 3 is 2.44 bits per heavy atom. The van der Waals surface area contributed by atoms with E-state index in [1.807, 2.05) is 19.0 Å². The van der Waals surface area contributed by atoms with Crippen molar-refractivity contribution >= 4 is 11.7 Å². The lowest BCUT2D eigenvalue weighted by Gasteiger charge is -2.56. The van der Waals surface area contributed by atoms with Gasteiger partial charge in [-0.2, -0.15) is 4.98 Å². The average molecular weight is 370 g/mol. The summed E-state index contributed by atoms with van der Waals surface area (Å²) in [6.07, 6.45) is 11.8. The van der Waals surface area contributed by atoms with Gasteiger partial charge in [0, 0.05) is 27.1 Å². The second-order valence-electron chi connectivity index (χ2n) is 9.59. The van der Waals surface area contributed by atoms with E-state index in [1.165, 1.54) is 19.3 Å². The minimum absolute atomic E-state index is 0.0228. The zero-order valence-corrected chi connectivity index (χ0v) is 16.4. The van der Waals surface area contributed by atoms with Crippen LogP contribution in [0, 0.1) is 23.2 Å². The van der Waals surface area contributed by atoms with Gasteiger partial charge in [-0.15, -0.1) is 0 Å². The van der Waals surface area contributed by atoms with Gasteiger partial charge in [0.1, 0.15) is 6.10 Å². The van der Waals surface area contributed by atoms with Crippen LogP contribution in [0.5, 0.6) is 5.88 Å². The van der Waals surface area contributed by atoms with Gasteiger partial charge < -0.3 is 14.5 Å². The molecule has 1 saturated heterocycles. The zero-order valence-electron chi connectivity index (χ0n) is 16.4. The topological polar surface area (TPSA) is 58.6 Å². The predicted molar refractivity (Wildman–Crippen MR) is 103 cm³/mol. The van der Waals surface area contributed by atoms with Gasteiger partial charge in [-0.05, 0) is 56.3 Å². The summed E-state index contributed by atoms with van der Waals surface area (Å²) in [6.45, 7) is 1.50. The summed E-state index contributed by atoms with van der Waals surface area (Å²) >= 11 is 0. The first-order chi connectivity index (χ1) is 13.0. The molecule has 5 aliphatic rings. The average Bonchev–Trinajstić information content (AvgIpc) is 3.08. The molecule has 6 heteroatoms. The first-order valence-corrected chi connectivity index (χ1v) is 10.5. The minimum Gasteiger partial charge on any atom is -0.471 e. The third-order valence-corrected chi connectivity index (χ3v) is 7.27. The van der Waals surface area contributed by atoms with E-state index in [2.05, 4.69) is 14.9 Å². The second kappa shape index (κ2) is 6.35. The molecule has 1 amide bonds. The van der Waals surface area contributed by atoms with E-state index < -0.39 is 0 Å². The Kier molecular flexibility index (Phi) is 4.06. The molecule has 1 aliphatic heterocycles. The smallest absolute Gasteiger partial charge is 0.234 e. The first-order valence-electron chi connectivity index (χ1n) is 10.5. The number of hydrogen-bond acceptors (Lipinski definition) is 5. The van der Waals surface area contributed by atoms with Crippen LogP contribution in [0.15, 0.2) is 12.4 Å². The number of carbonyl (C=O) groups excluding carboxylic acids is 1. The number of aromatic nitrogens is 2. The van der Waals surface area contributed by atoms with Gasteiger partial charge in [0.25, 0.3) is 0 Å². The van der Waals surface area contributed by atoms with Crippen LogP contribution in [-0.2, 0) is 4.79 Å². The van der Waals surface area contributed by atoms with E-state index in [0.717, 1.165) is 55.8 Å². The number of hydrogen-bond donors (Lipinski definition) is 0. The van der Waals surface area contributed by atoms with E-state index in [-0.39, 0.29) is 11.5 Å². The summed E-state index contributed by atoms with van der Waals surface area (Å²) in [4.78, 5) is 26.2. The van der Waals surface area contributed by atoms with Crippen molar-refractivity contribution in [1.82, 2.24) is 14.9 Å². The maximum atomic E-state index is 13.5. The number of rotatable bonds is 4. The fourth-order valence-corrected chi connectivity index (χ4v) is 6.50. The summed E-state index contributed by atoms with van der Waals surface area (Å²) in [6, 6.07) is 0. The highest BCUT2D eigenvalue weighted by Crippen LogP contribution is 2.60. The molecule has 146 valence electrons. The van der Waals surface area contributed by atoms with E-state index in [0.29, 0.717) is 18.3 Å². The lowest BCUT2D eigenvalue weighted by Crippen LogP contribution is -2.54. The summed E-state index contributed by atoms with van der Waals surface area (Å²) in [5.74, 6) is 4.17. The van der Waals surface area contributed by atoms with Crippen molar-refractivity contribution in [2.24, 2.45) is 23.2 Å². The number of likely N-dealkylation sites (tertiary alicyclic amines) is 1. The largest absolute Gasteiger partial charge is 0.471 e. The summed E-state index contributed by atoms with van der Waals surface area (Å²) in [5.41, 5.74) is -0.0473. The van der Waals surface area contributed by atoms with Gasteiger partial charge in [-0.25, -0.2) is 0 Å². The van der Waals surface area contributed by atoms with Crippen molar-refractivity contribution in [2.75, 3.05) is 32.1 Å². The van der Waals surface area contributed by atoms with Gasteiger partial charge in [0.2, 0.25) is 11.8 Å². The molecule has 1 aromatic heterocycles. The molecule has 27 heavy (non-hydrogen) atoms. The third kappa shape index (κ3) is 3.07. The highest BCUT2D eigenvalue weighted by molar-refractivity contribution is 5.83. The van der Waals surface area contributed by atoms with Crippen molar-refractivity contribution < 1.29 is 9.53 Å². The van der Waals surface area contributed by atoms with Crippen molar-refractivity contribution in [1.29, 1.82) is 0 Å². The monoisotopic (exact) mass is 370 g/mol. The molecule has 0 N–H and O–H groups in total. The van der Waals surface area contributed by atoms with Gasteiger partial charge in [0.05, 0.1) is 24.4 Å². The second-order valence-corrected chi connectivity index (χ2v) is 9.59. The quantitative estimate of drug-likeness (QED) is 0.816. The van der Waals surface area contributed by atoms with Gasteiger partial charge in [0.15, 0.2) is 5.82 Å². The van der Waals surface area contributed by atoms with E-state index >= 15 is 0 Å². The molecule has 0 aromatic carbocycles. The molecule has 2 heterocycles. The predicted octanol–water partition coefficient (Wildman–Crippen LogP) is 2.74. The van der Waals surface area contributed by atoms with Crippen molar-refractivity contribution in [3.05, 3.63) is 12.4 Å². The Morgan fingerprint density at radius 1 is 1.15 bits per heavy atom. The Hall–Kier alpha value is -1.85. The number of anilines is 1. The lowest BCUT2D eigenvalue weighted by atomic mass is 9.49. The Labute approximate surface area is 161 Å². The maximum Gasteiger partial charge on any atom is 0.234 e. The molecule has 4 saturated carbocycles. The standard InChI is InChI=1S/C21H30N4O2/c1-24(2)18-11-22-12-19(23-18)27-17-3-4-25(13-17)20(26)21-8-14-5-15(9-21)7-16(6-14)10-21/h11-12,14-17H,3-10,13H2,1-2H3. The fourth-order valence-electron chi connectivity index (χ4n) is 6.50. The van der Waals surface area contributed by atoms with Gasteiger partial charge in [-0.1, -0.05) is 0 Å². The number of carbonyl (C=O) groups is 1. The lowest BCUT2D eigenvalue weighted by molar-refractivity contribution is -0.156. The SMILES string of the molecule is CN(C)c1cncc(OC2CCN(C(=O)C34CC5CC(CC(C5)C3)C4)C2)n1. The Bertz CT molecular complexity index is 699. The summed E-state index contributed by atoms with van der Waals surface area (Å²) in [7, 11) is 3.88. The minimum atomic E-state index is -0.0473. The van der Waals surface area contributed by atoms with Gasteiger partial charge >= 0.3 is 0 Å².